The molecule has 0 aliphatic rings. The Kier molecular flexibility index (Phi) is 3.82. The van der Waals surface area contributed by atoms with Crippen molar-refractivity contribution in [2.75, 3.05) is 0 Å². The number of fused-ring (bicyclic) bond motifs is 2. The Morgan fingerprint density at radius 1 is 0.607 bits per heavy atom. The monoisotopic (exact) mass is 376 g/mol. The number of nitro groups is 2. The number of benzene rings is 4. The summed E-state index contributed by atoms with van der Waals surface area (Å²) in [5.41, 5.74) is 0.400. The van der Waals surface area contributed by atoms with E-state index in [0.29, 0.717) is 32.7 Å². The predicted octanol–water partition coefficient (Wildman–Crippen LogP) is 4.89. The minimum Gasteiger partial charge on any atom is -0.507 e. The molecule has 138 valence electrons. The Balaban J connectivity index is 2.08. The van der Waals surface area contributed by atoms with E-state index in [1.165, 1.54) is 48.5 Å². The zero-order chi connectivity index (χ0) is 20.0. The van der Waals surface area contributed by atoms with Gasteiger partial charge in [-0.1, -0.05) is 12.1 Å². The van der Waals surface area contributed by atoms with Crippen LogP contribution in [0.25, 0.3) is 32.7 Å². The summed E-state index contributed by atoms with van der Waals surface area (Å²) in [4.78, 5) is 21.1. The van der Waals surface area contributed by atoms with Gasteiger partial charge in [0.25, 0.3) is 11.4 Å². The molecule has 0 aliphatic carbocycles. The Morgan fingerprint density at radius 2 is 1.00 bits per heavy atom. The first kappa shape index (κ1) is 17.2. The van der Waals surface area contributed by atoms with E-state index < -0.39 is 9.85 Å². The van der Waals surface area contributed by atoms with Crippen LogP contribution in [0.4, 0.5) is 11.4 Å². The van der Waals surface area contributed by atoms with Gasteiger partial charge >= 0.3 is 0 Å². The van der Waals surface area contributed by atoms with Gasteiger partial charge < -0.3 is 10.2 Å². The highest BCUT2D eigenvalue weighted by Gasteiger charge is 2.19. The molecule has 0 saturated heterocycles. The summed E-state index contributed by atoms with van der Waals surface area (Å²) in [6.07, 6.45) is 0. The van der Waals surface area contributed by atoms with Gasteiger partial charge in [-0.2, -0.15) is 0 Å². The van der Waals surface area contributed by atoms with E-state index in [0.717, 1.165) is 0 Å². The van der Waals surface area contributed by atoms with Crippen molar-refractivity contribution in [3.05, 3.63) is 80.9 Å². The van der Waals surface area contributed by atoms with Gasteiger partial charge in [0.1, 0.15) is 11.5 Å². The smallest absolute Gasteiger partial charge is 0.270 e. The van der Waals surface area contributed by atoms with Crippen LogP contribution in [-0.4, -0.2) is 20.1 Å². The van der Waals surface area contributed by atoms with E-state index in [2.05, 4.69) is 0 Å². The summed E-state index contributed by atoms with van der Waals surface area (Å²) >= 11 is 0. The number of aromatic hydroxyl groups is 2. The summed E-state index contributed by atoms with van der Waals surface area (Å²) in [6, 6.07) is 14.3. The zero-order valence-electron chi connectivity index (χ0n) is 14.2. The van der Waals surface area contributed by atoms with Crippen molar-refractivity contribution < 1.29 is 20.1 Å². The number of nitro benzene ring substituents is 2. The molecule has 0 saturated carbocycles. The van der Waals surface area contributed by atoms with Crippen LogP contribution < -0.4 is 0 Å². The van der Waals surface area contributed by atoms with Gasteiger partial charge in [-0.3, -0.25) is 20.2 Å². The molecule has 4 aromatic carbocycles. The van der Waals surface area contributed by atoms with Crippen LogP contribution in [0.1, 0.15) is 0 Å². The Morgan fingerprint density at radius 3 is 1.36 bits per heavy atom. The number of phenolic OH excluding ortho intramolecular Hbond substituents is 2. The highest BCUT2D eigenvalue weighted by Crippen LogP contribution is 2.45. The van der Waals surface area contributed by atoms with Crippen LogP contribution in [0.2, 0.25) is 0 Å². The highest BCUT2D eigenvalue weighted by atomic mass is 16.6. The van der Waals surface area contributed by atoms with E-state index in [9.17, 15) is 30.4 Å². The van der Waals surface area contributed by atoms with E-state index in [-0.39, 0.29) is 22.9 Å². The van der Waals surface area contributed by atoms with Crippen LogP contribution in [0.3, 0.4) is 0 Å². The van der Waals surface area contributed by atoms with E-state index in [1.807, 2.05) is 0 Å². The van der Waals surface area contributed by atoms with Gasteiger partial charge in [0, 0.05) is 35.4 Å². The standard InChI is InChI=1S/C20H12N2O6/c23-17-7-1-11-9-13(21(25)26)3-5-15(11)19(17)20-16-6-4-14(22(27)28)10-12(16)2-8-18(20)24/h1-10,23-24H. The molecule has 0 bridgehead atoms. The van der Waals surface area contributed by atoms with Gasteiger partial charge in [-0.15, -0.1) is 0 Å². The summed E-state index contributed by atoms with van der Waals surface area (Å²) in [5.74, 6) is -0.245. The number of rotatable bonds is 3. The van der Waals surface area contributed by atoms with Crippen molar-refractivity contribution in [1.82, 2.24) is 0 Å². The SMILES string of the molecule is O=[N+]([O-])c1ccc2c(-c3c(O)ccc4cc([N+](=O)[O-])ccc34)c(O)ccc2c1. The lowest BCUT2D eigenvalue weighted by Gasteiger charge is -2.14. The van der Waals surface area contributed by atoms with E-state index >= 15 is 0 Å². The second kappa shape index (κ2) is 6.20. The third kappa shape index (κ3) is 2.64. The molecule has 0 fully saturated rings. The number of non-ortho nitro benzene ring substituents is 2. The lowest BCUT2D eigenvalue weighted by molar-refractivity contribution is -0.384. The van der Waals surface area contributed by atoms with E-state index in [4.69, 9.17) is 0 Å². The van der Waals surface area contributed by atoms with Gasteiger partial charge in [-0.25, -0.2) is 0 Å². The fourth-order valence-electron chi connectivity index (χ4n) is 3.36. The maximum atomic E-state index is 11.0. The largest absolute Gasteiger partial charge is 0.507 e. The minimum atomic E-state index is -0.513. The molecular weight excluding hydrogens is 364 g/mol. The van der Waals surface area contributed by atoms with Crippen LogP contribution >= 0.6 is 0 Å². The lowest BCUT2D eigenvalue weighted by atomic mass is 9.92. The summed E-state index contributed by atoms with van der Waals surface area (Å²) in [5, 5.41) is 45.2. The van der Waals surface area contributed by atoms with Gasteiger partial charge in [0.2, 0.25) is 0 Å². The molecule has 0 aliphatic heterocycles. The lowest BCUT2D eigenvalue weighted by Crippen LogP contribution is -1.91. The maximum absolute atomic E-state index is 11.0. The average Bonchev–Trinajstić information content (AvgIpc) is 2.68. The molecule has 8 heteroatoms. The summed E-state index contributed by atoms with van der Waals surface area (Å²) in [7, 11) is 0. The van der Waals surface area contributed by atoms with Crippen LogP contribution in [0.15, 0.2) is 60.7 Å². The molecule has 0 atom stereocenters. The average molecular weight is 376 g/mol. The van der Waals surface area contributed by atoms with E-state index in [1.54, 1.807) is 12.1 Å². The van der Waals surface area contributed by atoms with Crippen LogP contribution in [-0.2, 0) is 0 Å². The fourth-order valence-corrected chi connectivity index (χ4v) is 3.36. The zero-order valence-corrected chi connectivity index (χ0v) is 14.2. The molecule has 8 nitrogen and oxygen atoms in total. The minimum absolute atomic E-state index is 0.0955. The van der Waals surface area contributed by atoms with Crippen LogP contribution in [0, 0.1) is 20.2 Å². The first-order chi connectivity index (χ1) is 13.4. The quantitative estimate of drug-likeness (QED) is 0.387. The Labute approximate surface area is 157 Å². The molecule has 0 spiro atoms. The third-order valence-electron chi connectivity index (χ3n) is 4.63. The molecule has 0 unspecified atom stereocenters. The molecule has 0 heterocycles. The number of phenols is 2. The highest BCUT2D eigenvalue weighted by molar-refractivity contribution is 6.10. The fraction of sp³-hybridized carbons (Fsp3) is 0. The second-order valence-corrected chi connectivity index (χ2v) is 6.24. The molecule has 4 rings (SSSR count). The normalized spacial score (nSPS) is 11.0. The summed E-state index contributed by atoms with van der Waals surface area (Å²) < 4.78 is 0. The molecule has 0 aromatic heterocycles. The van der Waals surface area contributed by atoms with Crippen LogP contribution in [0.5, 0.6) is 11.5 Å². The van der Waals surface area contributed by atoms with Gasteiger partial charge in [-0.05, 0) is 45.8 Å². The van der Waals surface area contributed by atoms with Crippen molar-refractivity contribution in [3.8, 4) is 22.6 Å². The Hall–Kier alpha value is -4.20. The van der Waals surface area contributed by atoms with Crippen molar-refractivity contribution in [1.29, 1.82) is 0 Å². The predicted molar refractivity (Wildman–Crippen MR) is 104 cm³/mol. The van der Waals surface area contributed by atoms with Crippen molar-refractivity contribution in [3.63, 3.8) is 0 Å². The third-order valence-corrected chi connectivity index (χ3v) is 4.63. The van der Waals surface area contributed by atoms with Crippen molar-refractivity contribution in [2.24, 2.45) is 0 Å². The molecular formula is C20H12N2O6. The second-order valence-electron chi connectivity index (χ2n) is 6.24. The first-order valence-corrected chi connectivity index (χ1v) is 8.17. The molecule has 2 N–H and O–H groups in total. The van der Waals surface area contributed by atoms with Gasteiger partial charge in [0.15, 0.2) is 0 Å². The number of hydrogen-bond acceptors (Lipinski definition) is 6. The van der Waals surface area contributed by atoms with Gasteiger partial charge in [0.05, 0.1) is 9.85 Å². The van der Waals surface area contributed by atoms with Crippen molar-refractivity contribution >= 4 is 32.9 Å². The number of hydrogen-bond donors (Lipinski definition) is 2. The number of nitrogens with zero attached hydrogens (tertiary/aromatic N) is 2. The molecule has 0 amide bonds. The topological polar surface area (TPSA) is 127 Å². The molecule has 28 heavy (non-hydrogen) atoms. The summed E-state index contributed by atoms with van der Waals surface area (Å²) in [6.45, 7) is 0. The first-order valence-electron chi connectivity index (χ1n) is 8.17. The molecule has 0 radical (unpaired) electrons. The molecule has 4 aromatic rings. The maximum Gasteiger partial charge on any atom is 0.270 e. The Bertz CT molecular complexity index is 1200. The van der Waals surface area contributed by atoms with Crippen molar-refractivity contribution in [2.45, 2.75) is 0 Å².